The van der Waals surface area contributed by atoms with Crippen LogP contribution in [0, 0.1) is 0 Å². The van der Waals surface area contributed by atoms with E-state index < -0.39 is 6.61 Å². The van der Waals surface area contributed by atoms with Crippen LogP contribution in [-0.2, 0) is 13.0 Å². The molecular formula is C19H16ClF2N3O. The second-order valence-corrected chi connectivity index (χ2v) is 6.10. The number of ether oxygens (including phenoxy) is 1. The third-order valence-electron chi connectivity index (χ3n) is 3.74. The maximum absolute atomic E-state index is 12.7. The summed E-state index contributed by atoms with van der Waals surface area (Å²) >= 11 is 6.03. The van der Waals surface area contributed by atoms with Gasteiger partial charge in [-0.05, 0) is 40.5 Å². The van der Waals surface area contributed by atoms with Crippen LogP contribution in [0.1, 0.15) is 16.7 Å². The van der Waals surface area contributed by atoms with Crippen molar-refractivity contribution < 1.29 is 13.5 Å². The summed E-state index contributed by atoms with van der Waals surface area (Å²) in [5.74, 6) is -0.139. The maximum atomic E-state index is 12.7. The van der Waals surface area contributed by atoms with Gasteiger partial charge in [-0.1, -0.05) is 29.8 Å². The molecule has 7 heteroatoms. The molecule has 2 heterocycles. The second kappa shape index (κ2) is 8.21. The van der Waals surface area contributed by atoms with Crippen LogP contribution in [0.2, 0.25) is 5.02 Å². The summed E-state index contributed by atoms with van der Waals surface area (Å²) in [4.78, 5) is 8.23. The van der Waals surface area contributed by atoms with Crippen LogP contribution in [0.5, 0.6) is 5.88 Å². The predicted molar refractivity (Wildman–Crippen MR) is 96.2 cm³/mol. The van der Waals surface area contributed by atoms with Crippen molar-refractivity contribution >= 4 is 11.6 Å². The predicted octanol–water partition coefficient (Wildman–Crippen LogP) is 4.45. The van der Waals surface area contributed by atoms with Crippen molar-refractivity contribution in [2.24, 2.45) is 5.73 Å². The number of halogens is 3. The lowest BCUT2D eigenvalue weighted by Gasteiger charge is -2.12. The highest BCUT2D eigenvalue weighted by atomic mass is 35.5. The number of hydrogen-bond donors (Lipinski definition) is 1. The highest BCUT2D eigenvalue weighted by molar-refractivity contribution is 6.30. The summed E-state index contributed by atoms with van der Waals surface area (Å²) in [5, 5.41) is 0.496. The highest BCUT2D eigenvalue weighted by Crippen LogP contribution is 2.32. The fraction of sp³-hybridized carbons (Fsp3) is 0.158. The number of nitrogens with zero attached hydrogens (tertiary/aromatic N) is 2. The molecule has 0 saturated carbocycles. The molecule has 0 atom stereocenters. The first-order valence-corrected chi connectivity index (χ1v) is 8.25. The Labute approximate surface area is 154 Å². The van der Waals surface area contributed by atoms with Crippen molar-refractivity contribution in [2.45, 2.75) is 19.6 Å². The molecule has 134 valence electrons. The standard InChI is InChI=1S/C19H16ClF2N3O/c20-16-3-1-2-15(7-16)17-6-13(11-25-18(17)26-19(21)22)4-12-5-14(8-23)10-24-9-12/h1-3,5-7,9-11,19H,4,8,23H2. The van der Waals surface area contributed by atoms with E-state index in [2.05, 4.69) is 14.7 Å². The number of alkyl halides is 2. The summed E-state index contributed by atoms with van der Waals surface area (Å²) < 4.78 is 30.0. The van der Waals surface area contributed by atoms with E-state index in [9.17, 15) is 8.78 Å². The van der Waals surface area contributed by atoms with E-state index in [1.807, 2.05) is 6.07 Å². The molecule has 26 heavy (non-hydrogen) atoms. The Hall–Kier alpha value is -2.57. The molecule has 0 amide bonds. The topological polar surface area (TPSA) is 61.0 Å². The summed E-state index contributed by atoms with van der Waals surface area (Å²) in [6.07, 6.45) is 5.50. The fourth-order valence-corrected chi connectivity index (χ4v) is 2.81. The molecule has 0 aliphatic carbocycles. The molecule has 0 aliphatic rings. The van der Waals surface area contributed by atoms with Crippen molar-refractivity contribution in [1.82, 2.24) is 9.97 Å². The van der Waals surface area contributed by atoms with Gasteiger partial charge < -0.3 is 10.5 Å². The Balaban J connectivity index is 1.98. The molecule has 2 aromatic heterocycles. The quantitative estimate of drug-likeness (QED) is 0.691. The summed E-state index contributed by atoms with van der Waals surface area (Å²) in [6, 6.07) is 10.6. The second-order valence-electron chi connectivity index (χ2n) is 5.67. The van der Waals surface area contributed by atoms with Crippen LogP contribution in [0.15, 0.2) is 55.0 Å². The fourth-order valence-electron chi connectivity index (χ4n) is 2.62. The average Bonchev–Trinajstić information content (AvgIpc) is 2.63. The molecule has 0 fully saturated rings. The van der Waals surface area contributed by atoms with Crippen LogP contribution >= 0.6 is 11.6 Å². The SMILES string of the molecule is NCc1cncc(Cc2cnc(OC(F)F)c(-c3cccc(Cl)c3)c2)c1. The minimum atomic E-state index is -2.96. The lowest BCUT2D eigenvalue weighted by molar-refractivity contribution is -0.0524. The van der Waals surface area contributed by atoms with E-state index in [1.165, 1.54) is 6.20 Å². The molecule has 0 spiro atoms. The van der Waals surface area contributed by atoms with Gasteiger partial charge in [0.15, 0.2) is 0 Å². The summed E-state index contributed by atoms with van der Waals surface area (Å²) in [7, 11) is 0. The molecule has 2 N–H and O–H groups in total. The van der Waals surface area contributed by atoms with Crippen LogP contribution < -0.4 is 10.5 Å². The van der Waals surface area contributed by atoms with Gasteiger partial charge in [0.2, 0.25) is 5.88 Å². The molecule has 0 aliphatic heterocycles. The summed E-state index contributed by atoms with van der Waals surface area (Å²) in [5.41, 5.74) is 9.45. The molecule has 4 nitrogen and oxygen atoms in total. The number of nitrogens with two attached hydrogens (primary N) is 1. The average molecular weight is 376 g/mol. The molecule has 0 saturated heterocycles. The highest BCUT2D eigenvalue weighted by Gasteiger charge is 2.14. The minimum absolute atomic E-state index is 0.139. The Morgan fingerprint density at radius 2 is 1.81 bits per heavy atom. The largest absolute Gasteiger partial charge is 0.416 e. The van der Waals surface area contributed by atoms with E-state index in [4.69, 9.17) is 17.3 Å². The third-order valence-corrected chi connectivity index (χ3v) is 3.97. The zero-order valence-corrected chi connectivity index (χ0v) is 14.5. The Kier molecular flexibility index (Phi) is 5.75. The number of pyridine rings is 2. The van der Waals surface area contributed by atoms with Crippen molar-refractivity contribution in [3.05, 3.63) is 76.7 Å². The van der Waals surface area contributed by atoms with Gasteiger partial charge in [-0.25, -0.2) is 4.98 Å². The van der Waals surface area contributed by atoms with Gasteiger partial charge in [0, 0.05) is 42.1 Å². The lowest BCUT2D eigenvalue weighted by atomic mass is 10.0. The van der Waals surface area contributed by atoms with Crippen LogP contribution in [-0.4, -0.2) is 16.6 Å². The van der Waals surface area contributed by atoms with Gasteiger partial charge in [-0.15, -0.1) is 0 Å². The Morgan fingerprint density at radius 3 is 2.54 bits per heavy atom. The first-order valence-electron chi connectivity index (χ1n) is 7.87. The van der Waals surface area contributed by atoms with Gasteiger partial charge in [0.1, 0.15) is 0 Å². The van der Waals surface area contributed by atoms with E-state index in [1.54, 1.807) is 42.7 Å². The lowest BCUT2D eigenvalue weighted by Crippen LogP contribution is -2.06. The number of aromatic nitrogens is 2. The first-order chi connectivity index (χ1) is 12.5. The van der Waals surface area contributed by atoms with E-state index in [-0.39, 0.29) is 5.88 Å². The maximum Gasteiger partial charge on any atom is 0.388 e. The molecule has 0 radical (unpaired) electrons. The molecule has 0 unspecified atom stereocenters. The zero-order valence-electron chi connectivity index (χ0n) is 13.7. The first kappa shape index (κ1) is 18.2. The van der Waals surface area contributed by atoms with Crippen LogP contribution in [0.25, 0.3) is 11.1 Å². The van der Waals surface area contributed by atoms with Crippen molar-refractivity contribution in [3.8, 4) is 17.0 Å². The van der Waals surface area contributed by atoms with Crippen molar-refractivity contribution in [2.75, 3.05) is 0 Å². The molecular weight excluding hydrogens is 360 g/mol. The van der Waals surface area contributed by atoms with Gasteiger partial charge in [-0.2, -0.15) is 8.78 Å². The molecule has 1 aromatic carbocycles. The summed E-state index contributed by atoms with van der Waals surface area (Å²) in [6.45, 7) is -2.56. The third kappa shape index (κ3) is 4.53. The van der Waals surface area contributed by atoms with E-state index in [0.717, 1.165) is 16.7 Å². The Morgan fingerprint density at radius 1 is 1.04 bits per heavy atom. The van der Waals surface area contributed by atoms with Crippen LogP contribution in [0.4, 0.5) is 8.78 Å². The number of benzene rings is 1. The zero-order chi connectivity index (χ0) is 18.5. The molecule has 0 bridgehead atoms. The monoisotopic (exact) mass is 375 g/mol. The van der Waals surface area contributed by atoms with Gasteiger partial charge in [0.25, 0.3) is 0 Å². The van der Waals surface area contributed by atoms with Gasteiger partial charge >= 0.3 is 6.61 Å². The minimum Gasteiger partial charge on any atom is -0.416 e. The van der Waals surface area contributed by atoms with E-state index >= 15 is 0 Å². The van der Waals surface area contributed by atoms with Gasteiger partial charge in [-0.3, -0.25) is 4.98 Å². The molecule has 3 aromatic rings. The molecule has 3 rings (SSSR count). The van der Waals surface area contributed by atoms with Crippen molar-refractivity contribution in [1.29, 1.82) is 0 Å². The van der Waals surface area contributed by atoms with Crippen LogP contribution in [0.3, 0.4) is 0 Å². The van der Waals surface area contributed by atoms with E-state index in [0.29, 0.717) is 29.1 Å². The smallest absolute Gasteiger partial charge is 0.388 e. The normalized spacial score (nSPS) is 11.0. The van der Waals surface area contributed by atoms with Gasteiger partial charge in [0.05, 0.1) is 0 Å². The number of hydrogen-bond acceptors (Lipinski definition) is 4. The Bertz CT molecular complexity index is 905. The number of rotatable bonds is 6. The van der Waals surface area contributed by atoms with Crippen molar-refractivity contribution in [3.63, 3.8) is 0 Å².